The van der Waals surface area contributed by atoms with Crippen LogP contribution in [0.4, 0.5) is 0 Å². The molecule has 0 heterocycles. The highest BCUT2D eigenvalue weighted by molar-refractivity contribution is 5.89. The first-order valence-electron chi connectivity index (χ1n) is 4.99. The van der Waals surface area contributed by atoms with Crippen LogP contribution in [-0.2, 0) is 14.3 Å². The molecule has 0 spiro atoms. The minimum absolute atomic E-state index is 0.0652. The van der Waals surface area contributed by atoms with Crippen LogP contribution in [0.5, 0.6) is 0 Å². The van der Waals surface area contributed by atoms with Crippen LogP contribution < -0.4 is 0 Å². The molecule has 88 valence electrons. The van der Waals surface area contributed by atoms with Gasteiger partial charge in [-0.1, -0.05) is 20.8 Å². The smallest absolute Gasteiger partial charge is 0.306 e. The highest BCUT2D eigenvalue weighted by Gasteiger charge is 2.34. The summed E-state index contributed by atoms with van der Waals surface area (Å²) in [6.45, 7) is 6.81. The van der Waals surface area contributed by atoms with Gasteiger partial charge in [0, 0.05) is 5.41 Å². The van der Waals surface area contributed by atoms with Gasteiger partial charge in [0.1, 0.15) is 5.78 Å². The van der Waals surface area contributed by atoms with Gasteiger partial charge in [-0.25, -0.2) is 0 Å². The molecule has 0 aromatic heterocycles. The Kier molecular flexibility index (Phi) is 4.94. The van der Waals surface area contributed by atoms with Crippen LogP contribution in [0, 0.1) is 11.3 Å². The van der Waals surface area contributed by atoms with E-state index in [4.69, 9.17) is 0 Å². The van der Waals surface area contributed by atoms with E-state index >= 15 is 0 Å². The van der Waals surface area contributed by atoms with Crippen LogP contribution in [0.1, 0.15) is 34.1 Å². The highest BCUT2D eigenvalue weighted by Crippen LogP contribution is 2.24. The van der Waals surface area contributed by atoms with Gasteiger partial charge in [-0.3, -0.25) is 9.59 Å². The maximum atomic E-state index is 11.9. The van der Waals surface area contributed by atoms with Crippen LogP contribution in [0.3, 0.4) is 0 Å². The summed E-state index contributed by atoms with van der Waals surface area (Å²) in [5, 5.41) is 9.46. The van der Waals surface area contributed by atoms with Gasteiger partial charge in [-0.15, -0.1) is 0 Å². The van der Waals surface area contributed by atoms with E-state index in [9.17, 15) is 14.7 Å². The van der Waals surface area contributed by atoms with Gasteiger partial charge in [-0.05, 0) is 6.92 Å². The first-order chi connectivity index (χ1) is 6.70. The standard InChI is InChI=1S/C11H20O4/c1-7(12)8(6-9(13)15-5)10(14)11(2,3)4/h7-8,12H,6H2,1-5H3/t7-,8+/m1/s1. The fraction of sp³-hybridized carbons (Fsp3) is 0.818. The molecule has 0 saturated carbocycles. The van der Waals surface area contributed by atoms with Gasteiger partial charge >= 0.3 is 5.97 Å². The van der Waals surface area contributed by atoms with Crippen molar-refractivity contribution >= 4 is 11.8 Å². The molecular weight excluding hydrogens is 196 g/mol. The molecule has 0 unspecified atom stereocenters. The molecule has 0 radical (unpaired) electrons. The molecule has 0 amide bonds. The van der Waals surface area contributed by atoms with E-state index in [0.29, 0.717) is 0 Å². The van der Waals surface area contributed by atoms with E-state index in [0.717, 1.165) is 0 Å². The van der Waals surface area contributed by atoms with Crippen LogP contribution in [0.25, 0.3) is 0 Å². The minimum atomic E-state index is -0.837. The van der Waals surface area contributed by atoms with Crippen LogP contribution in [0.15, 0.2) is 0 Å². The zero-order valence-electron chi connectivity index (χ0n) is 10.0. The molecule has 0 aliphatic heterocycles. The molecule has 4 heteroatoms. The Labute approximate surface area is 90.6 Å². The predicted molar refractivity (Wildman–Crippen MR) is 56.3 cm³/mol. The summed E-state index contributed by atoms with van der Waals surface area (Å²) in [5.41, 5.74) is -0.560. The Balaban J connectivity index is 4.68. The van der Waals surface area contributed by atoms with Crippen LogP contribution in [-0.4, -0.2) is 30.1 Å². The first kappa shape index (κ1) is 14.1. The lowest BCUT2D eigenvalue weighted by Gasteiger charge is -2.25. The van der Waals surface area contributed by atoms with Crippen molar-refractivity contribution in [3.05, 3.63) is 0 Å². The van der Waals surface area contributed by atoms with Gasteiger partial charge in [-0.2, -0.15) is 0 Å². The van der Waals surface area contributed by atoms with Gasteiger partial charge in [0.25, 0.3) is 0 Å². The van der Waals surface area contributed by atoms with Crippen molar-refractivity contribution in [2.45, 2.75) is 40.2 Å². The predicted octanol–water partition coefficient (Wildman–Crippen LogP) is 1.16. The number of ketones is 1. The largest absolute Gasteiger partial charge is 0.469 e. The van der Waals surface area contributed by atoms with E-state index in [1.54, 1.807) is 20.8 Å². The molecule has 0 rings (SSSR count). The fourth-order valence-electron chi connectivity index (χ4n) is 1.30. The molecule has 0 fully saturated rings. The second-order valence-corrected chi connectivity index (χ2v) is 4.74. The zero-order chi connectivity index (χ0) is 12.2. The van der Waals surface area contributed by atoms with Crippen molar-refractivity contribution in [3.63, 3.8) is 0 Å². The summed E-state index contributed by atoms with van der Waals surface area (Å²) in [5.74, 6) is -1.28. The number of hydrogen-bond acceptors (Lipinski definition) is 4. The number of carbonyl (C=O) groups is 2. The Hall–Kier alpha value is -0.900. The Morgan fingerprint density at radius 3 is 2.07 bits per heavy atom. The van der Waals surface area contributed by atoms with E-state index in [1.165, 1.54) is 14.0 Å². The minimum Gasteiger partial charge on any atom is -0.469 e. The summed E-state index contributed by atoms with van der Waals surface area (Å²) in [6.07, 6.45) is -0.902. The molecule has 15 heavy (non-hydrogen) atoms. The third kappa shape index (κ3) is 4.42. The number of aliphatic hydroxyl groups excluding tert-OH is 1. The Morgan fingerprint density at radius 2 is 1.80 bits per heavy atom. The average molecular weight is 216 g/mol. The molecule has 0 saturated heterocycles. The first-order valence-corrected chi connectivity index (χ1v) is 4.99. The van der Waals surface area contributed by atoms with Crippen molar-refractivity contribution in [1.29, 1.82) is 0 Å². The maximum absolute atomic E-state index is 11.9. The summed E-state index contributed by atoms with van der Waals surface area (Å²) in [6, 6.07) is 0. The van der Waals surface area contributed by atoms with Crippen molar-refractivity contribution in [3.8, 4) is 0 Å². The Morgan fingerprint density at radius 1 is 1.33 bits per heavy atom. The summed E-state index contributed by atoms with van der Waals surface area (Å²) in [7, 11) is 1.27. The van der Waals surface area contributed by atoms with E-state index in [2.05, 4.69) is 4.74 Å². The molecule has 0 aliphatic carbocycles. The molecule has 0 aromatic rings. The monoisotopic (exact) mass is 216 g/mol. The number of aliphatic hydroxyl groups is 1. The number of methoxy groups -OCH3 is 1. The maximum Gasteiger partial charge on any atom is 0.306 e. The van der Waals surface area contributed by atoms with Gasteiger partial charge in [0.2, 0.25) is 0 Å². The highest BCUT2D eigenvalue weighted by atomic mass is 16.5. The number of hydrogen-bond donors (Lipinski definition) is 1. The van der Waals surface area contributed by atoms with Gasteiger partial charge in [0.15, 0.2) is 0 Å². The third-order valence-corrected chi connectivity index (χ3v) is 2.27. The zero-order valence-corrected chi connectivity index (χ0v) is 10.0. The molecule has 4 nitrogen and oxygen atoms in total. The van der Waals surface area contributed by atoms with E-state index in [-0.39, 0.29) is 12.2 Å². The number of carbonyl (C=O) groups excluding carboxylic acids is 2. The summed E-state index contributed by atoms with van der Waals surface area (Å²) in [4.78, 5) is 23.0. The normalized spacial score (nSPS) is 15.6. The third-order valence-electron chi connectivity index (χ3n) is 2.27. The summed E-state index contributed by atoms with van der Waals surface area (Å²) < 4.78 is 4.49. The lowest BCUT2D eigenvalue weighted by molar-refractivity contribution is -0.147. The van der Waals surface area contributed by atoms with Crippen molar-refractivity contribution in [2.24, 2.45) is 11.3 Å². The Bertz CT molecular complexity index is 237. The molecule has 0 aliphatic rings. The molecule has 2 atom stereocenters. The topological polar surface area (TPSA) is 63.6 Å². The molecular formula is C11H20O4. The van der Waals surface area contributed by atoms with Crippen LogP contribution in [0.2, 0.25) is 0 Å². The second kappa shape index (κ2) is 5.26. The SMILES string of the molecule is COC(=O)C[C@H](C(=O)C(C)(C)C)[C@@H](C)O. The molecule has 0 aromatic carbocycles. The molecule has 0 bridgehead atoms. The van der Waals surface area contributed by atoms with Crippen LogP contribution >= 0.6 is 0 Å². The number of Topliss-reactive ketones (excluding diaryl/α,β-unsaturated/α-hetero) is 1. The fourth-order valence-corrected chi connectivity index (χ4v) is 1.30. The second-order valence-electron chi connectivity index (χ2n) is 4.74. The van der Waals surface area contributed by atoms with Gasteiger partial charge < -0.3 is 9.84 Å². The quantitative estimate of drug-likeness (QED) is 0.716. The van der Waals surface area contributed by atoms with Crippen molar-refractivity contribution in [2.75, 3.05) is 7.11 Å². The average Bonchev–Trinajstić information content (AvgIpc) is 2.10. The van der Waals surface area contributed by atoms with E-state index in [1.807, 2.05) is 0 Å². The lowest BCUT2D eigenvalue weighted by Crippen LogP contribution is -2.36. The van der Waals surface area contributed by atoms with Crippen molar-refractivity contribution in [1.82, 2.24) is 0 Å². The van der Waals surface area contributed by atoms with E-state index < -0.39 is 23.4 Å². The number of rotatable bonds is 4. The van der Waals surface area contributed by atoms with Gasteiger partial charge in [0.05, 0.1) is 25.6 Å². The summed E-state index contributed by atoms with van der Waals surface area (Å²) >= 11 is 0. The number of ether oxygens (including phenoxy) is 1. The lowest BCUT2D eigenvalue weighted by atomic mass is 9.79. The molecule has 1 N–H and O–H groups in total. The van der Waals surface area contributed by atoms with Crippen molar-refractivity contribution < 1.29 is 19.4 Å². The number of esters is 1.